The van der Waals surface area contributed by atoms with Gasteiger partial charge in [-0.2, -0.15) is 0 Å². The maximum Gasteiger partial charge on any atom is 0.173 e. The van der Waals surface area contributed by atoms with Crippen molar-refractivity contribution in [3.8, 4) is 0 Å². The molecule has 5 heterocycles. The van der Waals surface area contributed by atoms with Gasteiger partial charge in [0.25, 0.3) is 0 Å². The van der Waals surface area contributed by atoms with Crippen LogP contribution in [-0.2, 0) is 21.7 Å². The van der Waals surface area contributed by atoms with Gasteiger partial charge in [-0.3, -0.25) is 4.79 Å². The number of fused-ring (bicyclic) bond motifs is 8. The first-order chi connectivity index (χ1) is 24.2. The molecule has 5 nitrogen and oxygen atoms in total. The molecule has 5 heteroatoms. The van der Waals surface area contributed by atoms with Gasteiger partial charge in [0.05, 0.1) is 11.3 Å². The first-order valence-corrected chi connectivity index (χ1v) is 19.0. The molecule has 0 radical (unpaired) electrons. The molecular formula is C45H54N4O. The minimum atomic E-state index is -0.538. The van der Waals surface area contributed by atoms with E-state index in [-0.39, 0.29) is 27.9 Å². The van der Waals surface area contributed by atoms with Gasteiger partial charge in [-0.1, -0.05) is 90.1 Å². The van der Waals surface area contributed by atoms with E-state index >= 15 is 0 Å². The highest BCUT2D eigenvalue weighted by Gasteiger charge is 2.43. The summed E-state index contributed by atoms with van der Waals surface area (Å²) >= 11 is 0. The number of hydrogen-bond donors (Lipinski definition) is 4. The van der Waals surface area contributed by atoms with Gasteiger partial charge in [0.1, 0.15) is 0 Å². The maximum atomic E-state index is 13.3. The molecule has 2 aliphatic rings. The van der Waals surface area contributed by atoms with Crippen LogP contribution in [0.5, 0.6) is 0 Å². The second-order valence-electron chi connectivity index (χ2n) is 14.9. The molecule has 0 unspecified atom stereocenters. The molecule has 4 N–H and O–H groups in total. The van der Waals surface area contributed by atoms with Crippen LogP contribution in [0.3, 0.4) is 0 Å². The molecule has 260 valence electrons. The van der Waals surface area contributed by atoms with E-state index < -0.39 is 5.41 Å². The van der Waals surface area contributed by atoms with Crippen LogP contribution in [0.1, 0.15) is 148 Å². The lowest BCUT2D eigenvalue weighted by atomic mass is 9.75. The number of benzene rings is 1. The smallest absolute Gasteiger partial charge is 0.173 e. The topological polar surface area (TPSA) is 80.2 Å². The van der Waals surface area contributed by atoms with E-state index in [1.165, 1.54) is 34.2 Å². The number of carbonyl (C=O) groups is 1. The average Bonchev–Trinajstić information content (AvgIpc) is 4.01. The number of H-pyrrole nitrogens is 4. The van der Waals surface area contributed by atoms with Gasteiger partial charge in [-0.15, -0.1) is 0 Å². The lowest BCUT2D eigenvalue weighted by Crippen LogP contribution is -2.32. The molecule has 8 bridgehead atoms. The van der Waals surface area contributed by atoms with Crippen molar-refractivity contribution in [1.82, 2.24) is 19.9 Å². The quantitative estimate of drug-likeness (QED) is 0.116. The van der Waals surface area contributed by atoms with E-state index in [1.54, 1.807) is 0 Å². The van der Waals surface area contributed by atoms with Gasteiger partial charge in [0.2, 0.25) is 0 Å². The number of nitrogens with one attached hydrogen (secondary N) is 4. The SMILES string of the molecule is CCC1(CC)c2ccc([nH]2)C(CC)(CC)c2ccc([nH]2)C(C)(c2ccc(C(=O)C3C=CC=C3)cc2)c2ccc([nH]2)C(CC)(CC)c2ccc1[nH]2. The predicted molar refractivity (Wildman–Crippen MR) is 205 cm³/mol. The van der Waals surface area contributed by atoms with Crippen molar-refractivity contribution in [2.75, 3.05) is 0 Å². The Hall–Kier alpha value is -4.51. The normalized spacial score (nSPS) is 18.5. The third-order valence-corrected chi connectivity index (χ3v) is 13.3. The van der Waals surface area contributed by atoms with Crippen molar-refractivity contribution < 1.29 is 4.79 Å². The first kappa shape index (κ1) is 34.0. The predicted octanol–water partition coefficient (Wildman–Crippen LogP) is 10.9. The van der Waals surface area contributed by atoms with E-state index in [2.05, 4.69) is 129 Å². The van der Waals surface area contributed by atoms with Crippen LogP contribution in [0, 0.1) is 5.92 Å². The third kappa shape index (κ3) is 4.76. The summed E-state index contributed by atoms with van der Waals surface area (Å²) in [5.41, 5.74) is 10.5. The van der Waals surface area contributed by atoms with Crippen molar-refractivity contribution in [1.29, 1.82) is 0 Å². The van der Waals surface area contributed by atoms with Crippen LogP contribution in [0.15, 0.2) is 97.1 Å². The highest BCUT2D eigenvalue weighted by Crippen LogP contribution is 2.47. The Morgan fingerprint density at radius 3 is 1.10 bits per heavy atom. The first-order valence-electron chi connectivity index (χ1n) is 19.0. The second kappa shape index (κ2) is 12.7. The van der Waals surface area contributed by atoms with Crippen molar-refractivity contribution in [2.45, 2.75) is 109 Å². The van der Waals surface area contributed by atoms with Gasteiger partial charge in [-0.05, 0) is 99.5 Å². The minimum Gasteiger partial charge on any atom is -0.361 e. The standard InChI is InChI=1S/C45H54N4O/c1-8-43(9-2)35-24-22-33(46-35)42(7,32-20-18-31(19-21-32)41(50)30-16-14-15-17-30)34-23-25-36(47-34)44(10-3,11-4)38-27-29-40(49-38)45(12-5,13-6)39-28-26-37(43)48-39/h14-30,46-49H,8-13H2,1-7H3. The number of rotatable bonds is 9. The molecule has 0 saturated heterocycles. The van der Waals surface area contributed by atoms with Gasteiger partial charge in [0.15, 0.2) is 5.78 Å². The number of carbonyl (C=O) groups excluding carboxylic acids is 1. The molecule has 0 atom stereocenters. The molecule has 1 aliphatic carbocycles. The fraction of sp³-hybridized carbons (Fsp3) is 0.400. The summed E-state index contributed by atoms with van der Waals surface area (Å²) in [5.74, 6) is -0.0589. The van der Waals surface area contributed by atoms with Crippen LogP contribution >= 0.6 is 0 Å². The number of aromatic nitrogens is 4. The van der Waals surface area contributed by atoms with Crippen LogP contribution < -0.4 is 0 Å². The average molecular weight is 667 g/mol. The summed E-state index contributed by atoms with van der Waals surface area (Å²) in [5, 5.41) is 0. The maximum absolute atomic E-state index is 13.3. The Bertz CT molecular complexity index is 1920. The summed E-state index contributed by atoms with van der Waals surface area (Å²) in [6.07, 6.45) is 13.7. The Morgan fingerprint density at radius 2 is 0.780 bits per heavy atom. The van der Waals surface area contributed by atoms with Crippen molar-refractivity contribution in [3.05, 3.63) is 154 Å². The number of aromatic amines is 4. The lowest BCUT2D eigenvalue weighted by Gasteiger charge is -2.35. The third-order valence-electron chi connectivity index (χ3n) is 13.3. The molecule has 0 spiro atoms. The summed E-state index contributed by atoms with van der Waals surface area (Å²) in [6.45, 7) is 16.2. The molecule has 0 amide bonds. The molecule has 50 heavy (non-hydrogen) atoms. The van der Waals surface area contributed by atoms with E-state index in [0.29, 0.717) is 0 Å². The minimum absolute atomic E-state index is 0.131. The van der Waals surface area contributed by atoms with Crippen molar-refractivity contribution in [3.63, 3.8) is 0 Å². The number of ketones is 1. The van der Waals surface area contributed by atoms with E-state index in [0.717, 1.165) is 61.0 Å². The number of hydrogen-bond acceptors (Lipinski definition) is 1. The Morgan fingerprint density at radius 1 is 0.480 bits per heavy atom. The van der Waals surface area contributed by atoms with Crippen molar-refractivity contribution >= 4 is 5.78 Å². The van der Waals surface area contributed by atoms with Gasteiger partial charge in [0, 0.05) is 67.4 Å². The molecule has 1 aromatic carbocycles. The molecule has 5 aromatic rings. The molecule has 1 aliphatic heterocycles. The highest BCUT2D eigenvalue weighted by atomic mass is 16.1. The van der Waals surface area contributed by atoms with Gasteiger partial charge >= 0.3 is 0 Å². The van der Waals surface area contributed by atoms with Crippen LogP contribution in [-0.4, -0.2) is 25.7 Å². The Kier molecular flexibility index (Phi) is 8.61. The summed E-state index contributed by atoms with van der Waals surface area (Å²) in [4.78, 5) is 29.4. The van der Waals surface area contributed by atoms with E-state index in [1.807, 2.05) is 36.4 Å². The van der Waals surface area contributed by atoms with E-state index in [9.17, 15) is 4.79 Å². The molecule has 7 rings (SSSR count). The highest BCUT2D eigenvalue weighted by molar-refractivity contribution is 6.00. The van der Waals surface area contributed by atoms with Crippen LogP contribution in [0.25, 0.3) is 0 Å². The largest absolute Gasteiger partial charge is 0.361 e. The fourth-order valence-electron chi connectivity index (χ4n) is 9.53. The van der Waals surface area contributed by atoms with E-state index in [4.69, 9.17) is 0 Å². The second-order valence-corrected chi connectivity index (χ2v) is 14.9. The van der Waals surface area contributed by atoms with Crippen LogP contribution in [0.2, 0.25) is 0 Å². The Balaban J connectivity index is 1.47. The lowest BCUT2D eigenvalue weighted by molar-refractivity contribution is 0.0966. The zero-order chi connectivity index (χ0) is 35.3. The summed E-state index contributed by atoms with van der Waals surface area (Å²) < 4.78 is 0. The zero-order valence-corrected chi connectivity index (χ0v) is 31.0. The summed E-state index contributed by atoms with van der Waals surface area (Å²) in [6, 6.07) is 26.9. The molecular weight excluding hydrogens is 613 g/mol. The molecule has 0 fully saturated rings. The fourth-order valence-corrected chi connectivity index (χ4v) is 9.53. The van der Waals surface area contributed by atoms with Gasteiger partial charge < -0.3 is 19.9 Å². The number of Topliss-reactive ketones (excluding diaryl/α,β-unsaturated/α-hetero) is 1. The van der Waals surface area contributed by atoms with Gasteiger partial charge in [-0.25, -0.2) is 0 Å². The summed E-state index contributed by atoms with van der Waals surface area (Å²) in [7, 11) is 0. The zero-order valence-electron chi connectivity index (χ0n) is 31.0. The monoisotopic (exact) mass is 666 g/mol. The molecule has 4 aromatic heterocycles. The van der Waals surface area contributed by atoms with Crippen molar-refractivity contribution in [2.24, 2.45) is 5.92 Å². The Labute approximate surface area is 298 Å². The van der Waals surface area contributed by atoms with Crippen LogP contribution in [0.4, 0.5) is 0 Å². The molecule has 0 saturated carbocycles. The number of allylic oxidation sites excluding steroid dienone is 4.